The van der Waals surface area contributed by atoms with Crippen molar-refractivity contribution in [1.29, 1.82) is 0 Å². The molecule has 0 unspecified atom stereocenters. The SMILES string of the molecule is COc1ccc(CCNC(=O)c2ccc(-c3ccnc(Nc4cccc(CCCN5CCOCC5)c4)n3)s2)cc1. The molecule has 0 spiro atoms. The van der Waals surface area contributed by atoms with E-state index in [4.69, 9.17) is 14.5 Å². The van der Waals surface area contributed by atoms with Gasteiger partial charge in [-0.15, -0.1) is 11.3 Å². The fourth-order valence-electron chi connectivity index (χ4n) is 4.62. The standard InChI is InChI=1S/C31H35N5O3S/c1-38-26-9-7-23(8-10-26)13-15-32-30(37)29-12-11-28(40-29)27-14-16-33-31(35-27)34-25-6-2-4-24(22-25)5-3-17-36-18-20-39-21-19-36/h2,4,6-12,14,16,22H,3,5,13,15,17-21H2,1H3,(H,32,37)(H,33,34,35). The number of carbonyl (C=O) groups excluding carboxylic acids is 1. The maximum Gasteiger partial charge on any atom is 0.261 e. The van der Waals surface area contributed by atoms with Crippen molar-refractivity contribution in [3.8, 4) is 16.3 Å². The summed E-state index contributed by atoms with van der Waals surface area (Å²) in [6.45, 7) is 5.38. The lowest BCUT2D eigenvalue weighted by Gasteiger charge is -2.26. The average molecular weight is 558 g/mol. The summed E-state index contributed by atoms with van der Waals surface area (Å²) in [5, 5.41) is 6.35. The molecule has 0 radical (unpaired) electrons. The Morgan fingerprint density at radius 1 is 1.02 bits per heavy atom. The van der Waals surface area contributed by atoms with Crippen LogP contribution in [-0.2, 0) is 17.6 Å². The van der Waals surface area contributed by atoms with Crippen LogP contribution in [0.4, 0.5) is 11.6 Å². The van der Waals surface area contributed by atoms with Gasteiger partial charge in [0.2, 0.25) is 5.95 Å². The maximum atomic E-state index is 12.7. The molecule has 1 aliphatic heterocycles. The first kappa shape index (κ1) is 27.8. The quantitative estimate of drug-likeness (QED) is 0.248. The Morgan fingerprint density at radius 3 is 2.70 bits per heavy atom. The number of methoxy groups -OCH3 is 1. The van der Waals surface area contributed by atoms with E-state index in [1.807, 2.05) is 48.5 Å². The van der Waals surface area contributed by atoms with Crippen molar-refractivity contribution in [2.45, 2.75) is 19.3 Å². The van der Waals surface area contributed by atoms with Gasteiger partial charge in [0.05, 0.1) is 35.8 Å². The van der Waals surface area contributed by atoms with Crippen LogP contribution in [0.15, 0.2) is 72.9 Å². The number of amides is 1. The number of morpholine rings is 1. The first-order chi connectivity index (χ1) is 19.7. The lowest BCUT2D eigenvalue weighted by atomic mass is 10.1. The Labute approximate surface area is 239 Å². The summed E-state index contributed by atoms with van der Waals surface area (Å²) in [5.74, 6) is 1.27. The predicted molar refractivity (Wildman–Crippen MR) is 160 cm³/mol. The largest absolute Gasteiger partial charge is 0.497 e. The lowest BCUT2D eigenvalue weighted by molar-refractivity contribution is 0.0375. The molecule has 2 aromatic heterocycles. The van der Waals surface area contributed by atoms with E-state index in [1.54, 1.807) is 13.3 Å². The van der Waals surface area contributed by atoms with Gasteiger partial charge in [-0.1, -0.05) is 24.3 Å². The molecule has 5 rings (SSSR count). The Morgan fingerprint density at radius 2 is 1.88 bits per heavy atom. The highest BCUT2D eigenvalue weighted by molar-refractivity contribution is 7.17. The third kappa shape index (κ3) is 7.88. The van der Waals surface area contributed by atoms with Gasteiger partial charge in [-0.3, -0.25) is 9.69 Å². The minimum absolute atomic E-state index is 0.0809. The highest BCUT2D eigenvalue weighted by atomic mass is 32.1. The summed E-state index contributed by atoms with van der Waals surface area (Å²) in [7, 11) is 1.65. The molecule has 4 aromatic rings. The summed E-state index contributed by atoms with van der Waals surface area (Å²) in [6.07, 6.45) is 4.63. The number of anilines is 2. The van der Waals surface area contributed by atoms with Crippen molar-refractivity contribution in [1.82, 2.24) is 20.2 Å². The minimum Gasteiger partial charge on any atom is -0.497 e. The summed E-state index contributed by atoms with van der Waals surface area (Å²) in [4.78, 5) is 25.9. The van der Waals surface area contributed by atoms with E-state index >= 15 is 0 Å². The van der Waals surface area contributed by atoms with E-state index in [9.17, 15) is 4.79 Å². The van der Waals surface area contributed by atoms with Crippen LogP contribution in [0.3, 0.4) is 0 Å². The van der Waals surface area contributed by atoms with Crippen molar-refractivity contribution in [2.24, 2.45) is 0 Å². The van der Waals surface area contributed by atoms with Crippen molar-refractivity contribution < 1.29 is 14.3 Å². The summed E-state index contributed by atoms with van der Waals surface area (Å²) < 4.78 is 10.6. The van der Waals surface area contributed by atoms with Gasteiger partial charge < -0.3 is 20.1 Å². The molecule has 1 aliphatic rings. The highest BCUT2D eigenvalue weighted by Crippen LogP contribution is 2.27. The zero-order valence-electron chi connectivity index (χ0n) is 22.8. The van der Waals surface area contributed by atoms with E-state index in [0.717, 1.165) is 79.7 Å². The van der Waals surface area contributed by atoms with Crippen molar-refractivity contribution in [3.63, 3.8) is 0 Å². The van der Waals surface area contributed by atoms with Gasteiger partial charge in [-0.05, 0) is 79.4 Å². The van der Waals surface area contributed by atoms with E-state index in [0.29, 0.717) is 17.4 Å². The van der Waals surface area contributed by atoms with Gasteiger partial charge in [0, 0.05) is 31.5 Å². The second kappa shape index (κ2) is 14.0. The van der Waals surface area contributed by atoms with Crippen LogP contribution in [0.1, 0.15) is 27.2 Å². The molecule has 1 saturated heterocycles. The van der Waals surface area contributed by atoms with Crippen LogP contribution < -0.4 is 15.4 Å². The molecule has 2 aromatic carbocycles. The fraction of sp³-hybridized carbons (Fsp3) is 0.323. The average Bonchev–Trinajstić information content (AvgIpc) is 3.49. The molecule has 0 bridgehead atoms. The molecule has 40 heavy (non-hydrogen) atoms. The minimum atomic E-state index is -0.0809. The molecule has 1 fully saturated rings. The topological polar surface area (TPSA) is 88.6 Å². The van der Waals surface area contributed by atoms with Gasteiger partial charge in [-0.25, -0.2) is 9.97 Å². The van der Waals surface area contributed by atoms with E-state index < -0.39 is 0 Å². The van der Waals surface area contributed by atoms with Crippen molar-refractivity contribution in [3.05, 3.63) is 88.9 Å². The number of aromatic nitrogens is 2. The first-order valence-electron chi connectivity index (χ1n) is 13.7. The molecule has 0 saturated carbocycles. The molecule has 208 valence electrons. The number of carbonyl (C=O) groups is 1. The number of thiophene rings is 1. The Bertz CT molecular complexity index is 1390. The highest BCUT2D eigenvalue weighted by Gasteiger charge is 2.12. The Kier molecular flexibility index (Phi) is 9.73. The molecule has 8 nitrogen and oxygen atoms in total. The predicted octanol–water partition coefficient (Wildman–Crippen LogP) is 5.19. The monoisotopic (exact) mass is 557 g/mol. The smallest absolute Gasteiger partial charge is 0.261 e. The van der Waals surface area contributed by atoms with Gasteiger partial charge in [0.15, 0.2) is 0 Å². The number of nitrogens with zero attached hydrogens (tertiary/aromatic N) is 3. The van der Waals surface area contributed by atoms with Crippen LogP contribution in [0.25, 0.3) is 10.6 Å². The van der Waals surface area contributed by atoms with Crippen LogP contribution in [-0.4, -0.2) is 67.3 Å². The molecule has 3 heterocycles. The number of nitrogens with one attached hydrogen (secondary N) is 2. The van der Waals surface area contributed by atoms with Crippen molar-refractivity contribution in [2.75, 3.05) is 51.8 Å². The zero-order chi connectivity index (χ0) is 27.6. The van der Waals surface area contributed by atoms with Crippen LogP contribution in [0.2, 0.25) is 0 Å². The second-order valence-electron chi connectivity index (χ2n) is 9.67. The van der Waals surface area contributed by atoms with Gasteiger partial charge in [-0.2, -0.15) is 0 Å². The Hall–Kier alpha value is -3.79. The number of aryl methyl sites for hydroxylation is 1. The van der Waals surface area contributed by atoms with Crippen LogP contribution in [0, 0.1) is 0 Å². The number of hydrogen-bond acceptors (Lipinski definition) is 8. The van der Waals surface area contributed by atoms with Gasteiger partial charge in [0.25, 0.3) is 5.91 Å². The molecular weight excluding hydrogens is 522 g/mol. The van der Waals surface area contributed by atoms with Gasteiger partial charge >= 0.3 is 0 Å². The molecule has 0 atom stereocenters. The van der Waals surface area contributed by atoms with Gasteiger partial charge in [0.1, 0.15) is 5.75 Å². The second-order valence-corrected chi connectivity index (χ2v) is 10.8. The van der Waals surface area contributed by atoms with E-state index in [2.05, 4.69) is 38.7 Å². The number of ether oxygens (including phenoxy) is 2. The Balaban J connectivity index is 1.13. The normalized spacial score (nSPS) is 13.6. The number of benzene rings is 2. The zero-order valence-corrected chi connectivity index (χ0v) is 23.6. The lowest BCUT2D eigenvalue weighted by Crippen LogP contribution is -2.36. The van der Waals surface area contributed by atoms with Crippen LogP contribution >= 0.6 is 11.3 Å². The molecule has 1 amide bonds. The summed E-state index contributed by atoms with van der Waals surface area (Å²) in [6, 6.07) is 21.9. The van der Waals surface area contributed by atoms with E-state index in [-0.39, 0.29) is 5.91 Å². The summed E-state index contributed by atoms with van der Waals surface area (Å²) >= 11 is 1.43. The molecular formula is C31H35N5O3S. The first-order valence-corrected chi connectivity index (χ1v) is 14.5. The molecule has 0 aliphatic carbocycles. The maximum absolute atomic E-state index is 12.7. The molecule has 9 heteroatoms. The third-order valence-electron chi connectivity index (χ3n) is 6.82. The van der Waals surface area contributed by atoms with E-state index in [1.165, 1.54) is 16.9 Å². The molecule has 2 N–H and O–H groups in total. The van der Waals surface area contributed by atoms with Crippen molar-refractivity contribution >= 4 is 28.9 Å². The fourth-order valence-corrected chi connectivity index (χ4v) is 5.51. The van der Waals surface area contributed by atoms with Crippen LogP contribution in [0.5, 0.6) is 5.75 Å². The third-order valence-corrected chi connectivity index (χ3v) is 7.93. The number of hydrogen-bond donors (Lipinski definition) is 2. The summed E-state index contributed by atoms with van der Waals surface area (Å²) in [5.41, 5.74) is 4.17. The number of rotatable bonds is 12.